The number of nitrogens with one attached hydrogen (secondary N) is 1. The zero-order valence-corrected chi connectivity index (χ0v) is 19.0. The summed E-state index contributed by atoms with van der Waals surface area (Å²) in [4.78, 5) is 17.3. The van der Waals surface area contributed by atoms with E-state index in [9.17, 15) is 4.79 Å². The molecule has 0 atom stereocenters. The lowest BCUT2D eigenvalue weighted by Gasteiger charge is -2.34. The molecule has 1 N–H and O–H groups in total. The quantitative estimate of drug-likeness (QED) is 0.677. The second-order valence-electron chi connectivity index (χ2n) is 8.41. The van der Waals surface area contributed by atoms with Crippen molar-refractivity contribution in [1.29, 1.82) is 0 Å². The maximum absolute atomic E-state index is 12.6. The van der Waals surface area contributed by atoms with Gasteiger partial charge in [0.05, 0.1) is 6.54 Å². The first kappa shape index (κ1) is 22.3. The number of amides is 1. The molecule has 0 spiro atoms. The smallest absolute Gasteiger partial charge is 0.238 e. The minimum atomic E-state index is 0.0748. The Morgan fingerprint density at radius 3 is 2.42 bits per heavy atom. The minimum absolute atomic E-state index is 0.0748. The SMILES string of the molecule is O=C(CN1CCN(Cc2ccccc2)CC1)Nc1cccc(CSC2CCOCC2)c1. The van der Waals surface area contributed by atoms with Crippen LogP contribution in [0.5, 0.6) is 0 Å². The van der Waals surface area contributed by atoms with Crippen LogP contribution in [-0.2, 0) is 21.8 Å². The van der Waals surface area contributed by atoms with Crippen molar-refractivity contribution in [3.8, 4) is 0 Å². The van der Waals surface area contributed by atoms with Crippen LogP contribution in [-0.4, -0.2) is 66.9 Å². The highest BCUT2D eigenvalue weighted by Crippen LogP contribution is 2.26. The van der Waals surface area contributed by atoms with Gasteiger partial charge < -0.3 is 10.1 Å². The van der Waals surface area contributed by atoms with Crippen LogP contribution >= 0.6 is 11.8 Å². The molecule has 0 aromatic heterocycles. The van der Waals surface area contributed by atoms with Gasteiger partial charge in [-0.2, -0.15) is 11.8 Å². The molecule has 4 rings (SSSR count). The van der Waals surface area contributed by atoms with Gasteiger partial charge in [-0.3, -0.25) is 14.6 Å². The lowest BCUT2D eigenvalue weighted by molar-refractivity contribution is -0.117. The maximum atomic E-state index is 12.6. The Morgan fingerprint density at radius 2 is 1.65 bits per heavy atom. The molecule has 31 heavy (non-hydrogen) atoms. The van der Waals surface area contributed by atoms with E-state index in [1.807, 2.05) is 23.9 Å². The largest absolute Gasteiger partial charge is 0.381 e. The van der Waals surface area contributed by atoms with Gasteiger partial charge in [-0.05, 0) is 36.1 Å². The number of nitrogens with zero attached hydrogens (tertiary/aromatic N) is 2. The van der Waals surface area contributed by atoms with E-state index in [-0.39, 0.29) is 5.91 Å². The van der Waals surface area contributed by atoms with Crippen molar-refractivity contribution in [2.24, 2.45) is 0 Å². The molecule has 2 aliphatic rings. The number of rotatable bonds is 8. The van der Waals surface area contributed by atoms with E-state index >= 15 is 0 Å². The number of thioether (sulfide) groups is 1. The second kappa shape index (κ2) is 11.7. The third kappa shape index (κ3) is 7.35. The summed E-state index contributed by atoms with van der Waals surface area (Å²) in [6.45, 7) is 7.08. The summed E-state index contributed by atoms with van der Waals surface area (Å²) >= 11 is 2.00. The van der Waals surface area contributed by atoms with E-state index in [1.54, 1.807) is 0 Å². The number of hydrogen-bond donors (Lipinski definition) is 1. The monoisotopic (exact) mass is 439 g/mol. The van der Waals surface area contributed by atoms with Crippen LogP contribution in [0.2, 0.25) is 0 Å². The number of hydrogen-bond acceptors (Lipinski definition) is 5. The van der Waals surface area contributed by atoms with E-state index in [0.29, 0.717) is 11.8 Å². The number of ether oxygens (including phenoxy) is 1. The van der Waals surface area contributed by atoms with Gasteiger partial charge in [0.1, 0.15) is 0 Å². The molecule has 5 nitrogen and oxygen atoms in total. The standard InChI is InChI=1S/C25H33N3O2S/c29-25(19-28-13-11-27(12-14-28)18-21-5-2-1-3-6-21)26-23-8-4-7-22(17-23)20-31-24-9-15-30-16-10-24/h1-8,17,24H,9-16,18-20H2,(H,26,29). The van der Waals surface area contributed by atoms with Crippen molar-refractivity contribution in [3.63, 3.8) is 0 Å². The first-order valence-corrected chi connectivity index (χ1v) is 12.4. The van der Waals surface area contributed by atoms with Gasteiger partial charge >= 0.3 is 0 Å². The Morgan fingerprint density at radius 1 is 0.935 bits per heavy atom. The zero-order chi connectivity index (χ0) is 21.3. The molecular weight excluding hydrogens is 406 g/mol. The van der Waals surface area contributed by atoms with Gasteiger partial charge in [-0.1, -0.05) is 42.5 Å². The summed E-state index contributed by atoms with van der Waals surface area (Å²) in [6, 6.07) is 18.9. The highest BCUT2D eigenvalue weighted by atomic mass is 32.2. The molecule has 2 heterocycles. The molecule has 0 saturated carbocycles. The van der Waals surface area contributed by atoms with Crippen molar-refractivity contribution in [3.05, 3.63) is 65.7 Å². The van der Waals surface area contributed by atoms with E-state index in [0.717, 1.165) is 70.2 Å². The van der Waals surface area contributed by atoms with E-state index in [4.69, 9.17) is 4.74 Å². The van der Waals surface area contributed by atoms with Crippen molar-refractivity contribution in [2.75, 3.05) is 51.3 Å². The highest BCUT2D eigenvalue weighted by molar-refractivity contribution is 7.99. The van der Waals surface area contributed by atoms with Gasteiger partial charge in [-0.25, -0.2) is 0 Å². The normalized spacial score (nSPS) is 18.7. The molecule has 0 aliphatic carbocycles. The number of anilines is 1. The molecule has 6 heteroatoms. The van der Waals surface area contributed by atoms with E-state index in [2.05, 4.69) is 57.6 Å². The van der Waals surface area contributed by atoms with Crippen LogP contribution in [0.25, 0.3) is 0 Å². The Kier molecular flexibility index (Phi) is 8.41. The van der Waals surface area contributed by atoms with Crippen molar-refractivity contribution >= 4 is 23.4 Å². The molecule has 166 valence electrons. The molecular formula is C25H33N3O2S. The van der Waals surface area contributed by atoms with E-state index in [1.165, 1.54) is 11.1 Å². The fraction of sp³-hybridized carbons (Fsp3) is 0.480. The fourth-order valence-corrected chi connectivity index (χ4v) is 5.28. The molecule has 2 saturated heterocycles. The summed E-state index contributed by atoms with van der Waals surface area (Å²) in [7, 11) is 0. The lowest BCUT2D eigenvalue weighted by Crippen LogP contribution is -2.48. The molecule has 2 aromatic carbocycles. The Labute approximate surface area is 190 Å². The average molecular weight is 440 g/mol. The average Bonchev–Trinajstić information content (AvgIpc) is 2.81. The van der Waals surface area contributed by atoms with Gasteiger partial charge in [0.25, 0.3) is 0 Å². The molecule has 2 fully saturated rings. The summed E-state index contributed by atoms with van der Waals surface area (Å²) in [5, 5.41) is 3.78. The molecule has 2 aromatic rings. The Bertz CT molecular complexity index is 819. The second-order valence-corrected chi connectivity index (χ2v) is 9.70. The van der Waals surface area contributed by atoms with Gasteiger partial charge in [0, 0.05) is 62.6 Å². The first-order valence-electron chi connectivity index (χ1n) is 11.3. The van der Waals surface area contributed by atoms with E-state index < -0.39 is 0 Å². The lowest BCUT2D eigenvalue weighted by atomic mass is 10.2. The van der Waals surface area contributed by atoms with Crippen LogP contribution in [0, 0.1) is 0 Å². The fourth-order valence-electron chi connectivity index (χ4n) is 4.15. The maximum Gasteiger partial charge on any atom is 0.238 e. The number of piperazine rings is 1. The highest BCUT2D eigenvalue weighted by Gasteiger charge is 2.19. The van der Waals surface area contributed by atoms with Crippen LogP contribution in [0.15, 0.2) is 54.6 Å². The molecule has 0 radical (unpaired) electrons. The Balaban J connectivity index is 1.18. The summed E-state index contributed by atoms with van der Waals surface area (Å²) in [5.74, 6) is 1.06. The van der Waals surface area contributed by atoms with Crippen LogP contribution in [0.4, 0.5) is 5.69 Å². The van der Waals surface area contributed by atoms with Gasteiger partial charge in [-0.15, -0.1) is 0 Å². The summed E-state index contributed by atoms with van der Waals surface area (Å²) in [5.41, 5.74) is 3.52. The molecule has 1 amide bonds. The van der Waals surface area contributed by atoms with Crippen molar-refractivity contribution < 1.29 is 9.53 Å². The van der Waals surface area contributed by atoms with Crippen molar-refractivity contribution in [1.82, 2.24) is 9.80 Å². The molecule has 0 bridgehead atoms. The number of carbonyl (C=O) groups is 1. The molecule has 2 aliphatic heterocycles. The van der Waals surface area contributed by atoms with Crippen LogP contribution in [0.3, 0.4) is 0 Å². The summed E-state index contributed by atoms with van der Waals surface area (Å²) in [6.07, 6.45) is 2.28. The Hall–Kier alpha value is -1.86. The first-order chi connectivity index (χ1) is 15.2. The molecule has 0 unspecified atom stereocenters. The van der Waals surface area contributed by atoms with Crippen LogP contribution in [0.1, 0.15) is 24.0 Å². The van der Waals surface area contributed by atoms with Gasteiger partial charge in [0.2, 0.25) is 5.91 Å². The zero-order valence-electron chi connectivity index (χ0n) is 18.2. The number of carbonyl (C=O) groups excluding carboxylic acids is 1. The predicted molar refractivity (Wildman–Crippen MR) is 128 cm³/mol. The third-order valence-electron chi connectivity index (χ3n) is 5.95. The van der Waals surface area contributed by atoms with Gasteiger partial charge in [0.15, 0.2) is 0 Å². The predicted octanol–water partition coefficient (Wildman–Crippen LogP) is 3.86. The van der Waals surface area contributed by atoms with Crippen molar-refractivity contribution in [2.45, 2.75) is 30.4 Å². The third-order valence-corrected chi connectivity index (χ3v) is 7.39. The minimum Gasteiger partial charge on any atom is -0.381 e. The summed E-state index contributed by atoms with van der Waals surface area (Å²) < 4.78 is 5.44. The number of benzene rings is 2. The topological polar surface area (TPSA) is 44.8 Å². The van der Waals surface area contributed by atoms with Crippen LogP contribution < -0.4 is 5.32 Å².